The minimum absolute atomic E-state index is 0.249. The zero-order chi connectivity index (χ0) is 20.3. The maximum atomic E-state index is 13.0. The Morgan fingerprint density at radius 2 is 1.57 bits per heavy atom. The Balaban J connectivity index is 1.95. The number of amides is 2. The average molecular weight is 416 g/mol. The monoisotopic (exact) mass is 415 g/mol. The molecule has 0 saturated carbocycles. The summed E-state index contributed by atoms with van der Waals surface area (Å²) in [6.07, 6.45) is -0.611. The highest BCUT2D eigenvalue weighted by Gasteiger charge is 2.54. The highest BCUT2D eigenvalue weighted by Crippen LogP contribution is 2.41. The van der Waals surface area contributed by atoms with Gasteiger partial charge in [0.05, 0.1) is 6.04 Å². The third-order valence-electron chi connectivity index (χ3n) is 5.81. The summed E-state index contributed by atoms with van der Waals surface area (Å²) >= 11 is 6.04. The summed E-state index contributed by atoms with van der Waals surface area (Å²) in [4.78, 5) is 27.4. The lowest BCUT2D eigenvalue weighted by Crippen LogP contribution is -2.64. The van der Waals surface area contributed by atoms with Gasteiger partial charge < -0.3 is 4.43 Å². The average Bonchev–Trinajstić information content (AvgIpc) is 2.74. The topological polar surface area (TPSA) is 46.6 Å². The molecule has 0 spiro atoms. The number of β-lactam (4-membered cyclic amide) rings is 1. The Kier molecular flexibility index (Phi) is 6.38. The van der Waals surface area contributed by atoms with E-state index in [0.717, 1.165) is 23.7 Å². The number of carbonyl (C=O) groups is 2. The minimum atomic E-state index is -2.01. The van der Waals surface area contributed by atoms with E-state index in [1.807, 2.05) is 18.2 Å². The zero-order valence-electron chi connectivity index (χ0n) is 16.5. The number of carbonyl (C=O) groups excluding carboxylic acids is 2. The molecule has 2 aromatic rings. The molecule has 2 atom stereocenters. The van der Waals surface area contributed by atoms with Gasteiger partial charge in [0.2, 0.25) is 0 Å². The second-order valence-corrected chi connectivity index (χ2v) is 12.3. The first-order valence-electron chi connectivity index (χ1n) is 9.82. The molecule has 0 aromatic heterocycles. The first kappa shape index (κ1) is 20.8. The standard InChI is InChI=1S/C22H26ClNO3Si/c1-4-28(5-2,6-3)27-20-19(16-12-14-18(23)15-13-16)24(22(20)26)21(25)17-10-8-7-9-11-17/h7-15,19-20H,4-6H2,1-3H3. The quantitative estimate of drug-likeness (QED) is 0.343. The molecule has 1 aliphatic heterocycles. The molecule has 28 heavy (non-hydrogen) atoms. The van der Waals surface area contributed by atoms with Gasteiger partial charge in [-0.25, -0.2) is 0 Å². The molecule has 1 aliphatic rings. The van der Waals surface area contributed by atoms with Crippen molar-refractivity contribution >= 4 is 31.7 Å². The molecule has 0 aliphatic carbocycles. The minimum Gasteiger partial charge on any atom is -0.403 e. The lowest BCUT2D eigenvalue weighted by atomic mass is 9.90. The fourth-order valence-electron chi connectivity index (χ4n) is 3.78. The molecule has 0 N–H and O–H groups in total. The summed E-state index contributed by atoms with van der Waals surface area (Å²) in [5.41, 5.74) is 1.36. The Bertz CT molecular complexity index is 828. The molecule has 1 saturated heterocycles. The molecule has 2 aromatic carbocycles. The summed E-state index contributed by atoms with van der Waals surface area (Å²) in [5, 5.41) is 0.618. The number of hydrogen-bond acceptors (Lipinski definition) is 3. The molecular weight excluding hydrogens is 390 g/mol. The highest BCUT2D eigenvalue weighted by molar-refractivity contribution is 6.73. The van der Waals surface area contributed by atoms with Gasteiger partial charge in [0.1, 0.15) is 0 Å². The van der Waals surface area contributed by atoms with Gasteiger partial charge in [-0.1, -0.05) is 62.7 Å². The van der Waals surface area contributed by atoms with Gasteiger partial charge in [0.15, 0.2) is 14.4 Å². The van der Waals surface area contributed by atoms with Crippen LogP contribution in [-0.4, -0.2) is 31.1 Å². The van der Waals surface area contributed by atoms with Crippen molar-refractivity contribution in [2.45, 2.75) is 51.0 Å². The van der Waals surface area contributed by atoms with Gasteiger partial charge in [-0.2, -0.15) is 0 Å². The van der Waals surface area contributed by atoms with Crippen LogP contribution in [0.4, 0.5) is 0 Å². The summed E-state index contributed by atoms with van der Waals surface area (Å²) in [5.74, 6) is -0.539. The Hall–Kier alpha value is -1.95. The van der Waals surface area contributed by atoms with Gasteiger partial charge in [-0.05, 0) is 48.0 Å². The van der Waals surface area contributed by atoms with Crippen molar-refractivity contribution in [2.24, 2.45) is 0 Å². The number of benzene rings is 2. The summed E-state index contributed by atoms with van der Waals surface area (Å²) in [6, 6.07) is 18.6. The number of imide groups is 1. The summed E-state index contributed by atoms with van der Waals surface area (Å²) in [7, 11) is -2.01. The van der Waals surface area contributed by atoms with E-state index in [2.05, 4.69) is 20.8 Å². The van der Waals surface area contributed by atoms with Crippen molar-refractivity contribution in [1.29, 1.82) is 0 Å². The van der Waals surface area contributed by atoms with Gasteiger partial charge in [-0.3, -0.25) is 14.5 Å². The first-order chi connectivity index (χ1) is 13.5. The molecule has 6 heteroatoms. The predicted molar refractivity (Wildman–Crippen MR) is 114 cm³/mol. The fraction of sp³-hybridized carbons (Fsp3) is 0.364. The highest BCUT2D eigenvalue weighted by atomic mass is 35.5. The van der Waals surface area contributed by atoms with Crippen molar-refractivity contribution in [1.82, 2.24) is 4.90 Å². The van der Waals surface area contributed by atoms with E-state index in [1.165, 1.54) is 4.90 Å². The maximum Gasteiger partial charge on any atom is 0.261 e. The normalized spacial score (nSPS) is 19.4. The SMILES string of the molecule is CC[Si](CC)(CC)OC1C(=O)N(C(=O)c2ccccc2)C1c1ccc(Cl)cc1. The van der Waals surface area contributed by atoms with E-state index in [1.54, 1.807) is 36.4 Å². The lowest BCUT2D eigenvalue weighted by molar-refractivity contribution is -0.158. The van der Waals surface area contributed by atoms with Crippen molar-refractivity contribution < 1.29 is 14.0 Å². The first-order valence-corrected chi connectivity index (χ1v) is 12.7. The molecular formula is C22H26ClNO3Si. The van der Waals surface area contributed by atoms with Crippen LogP contribution >= 0.6 is 11.6 Å². The van der Waals surface area contributed by atoms with Gasteiger partial charge >= 0.3 is 0 Å². The van der Waals surface area contributed by atoms with Gasteiger partial charge in [0.25, 0.3) is 11.8 Å². The molecule has 0 radical (unpaired) electrons. The van der Waals surface area contributed by atoms with E-state index in [9.17, 15) is 9.59 Å². The molecule has 3 rings (SSSR count). The van der Waals surface area contributed by atoms with Crippen LogP contribution in [-0.2, 0) is 9.22 Å². The van der Waals surface area contributed by atoms with E-state index >= 15 is 0 Å². The Labute approximate surface area is 172 Å². The molecule has 148 valence electrons. The van der Waals surface area contributed by atoms with Crippen molar-refractivity contribution in [3.63, 3.8) is 0 Å². The zero-order valence-corrected chi connectivity index (χ0v) is 18.3. The van der Waals surface area contributed by atoms with Crippen LogP contribution in [0.25, 0.3) is 0 Å². The van der Waals surface area contributed by atoms with Crippen LogP contribution in [0.2, 0.25) is 23.2 Å². The van der Waals surface area contributed by atoms with Gasteiger partial charge in [0, 0.05) is 10.6 Å². The number of halogens is 1. The molecule has 2 unspecified atom stereocenters. The molecule has 1 fully saturated rings. The van der Waals surface area contributed by atoms with Crippen LogP contribution in [0.5, 0.6) is 0 Å². The van der Waals surface area contributed by atoms with Crippen LogP contribution in [0.1, 0.15) is 42.7 Å². The molecule has 0 bridgehead atoms. The van der Waals surface area contributed by atoms with Gasteiger partial charge in [-0.15, -0.1) is 0 Å². The molecule has 2 amide bonds. The van der Waals surface area contributed by atoms with Crippen LogP contribution < -0.4 is 0 Å². The van der Waals surface area contributed by atoms with Crippen LogP contribution in [0.3, 0.4) is 0 Å². The molecule has 4 nitrogen and oxygen atoms in total. The molecule has 1 heterocycles. The Morgan fingerprint density at radius 1 is 1.00 bits per heavy atom. The van der Waals surface area contributed by atoms with Crippen LogP contribution in [0, 0.1) is 0 Å². The largest absolute Gasteiger partial charge is 0.403 e. The number of rotatable bonds is 7. The lowest BCUT2D eigenvalue weighted by Gasteiger charge is -2.48. The number of hydrogen-bond donors (Lipinski definition) is 0. The van der Waals surface area contributed by atoms with Crippen molar-refractivity contribution in [3.05, 3.63) is 70.7 Å². The maximum absolute atomic E-state index is 13.0. The summed E-state index contributed by atoms with van der Waals surface area (Å²) < 4.78 is 6.51. The number of likely N-dealkylation sites (tertiary alicyclic amines) is 1. The fourth-order valence-corrected chi connectivity index (χ4v) is 6.67. The third kappa shape index (κ3) is 3.79. The summed E-state index contributed by atoms with van der Waals surface area (Å²) in [6.45, 7) is 6.39. The second-order valence-electron chi connectivity index (χ2n) is 7.16. The van der Waals surface area contributed by atoms with Crippen LogP contribution in [0.15, 0.2) is 54.6 Å². The Morgan fingerprint density at radius 3 is 2.11 bits per heavy atom. The van der Waals surface area contributed by atoms with E-state index in [4.69, 9.17) is 16.0 Å². The van der Waals surface area contributed by atoms with E-state index in [0.29, 0.717) is 10.6 Å². The van der Waals surface area contributed by atoms with Crippen molar-refractivity contribution in [3.8, 4) is 0 Å². The second kappa shape index (κ2) is 8.60. The predicted octanol–water partition coefficient (Wildman–Crippen LogP) is 5.45. The number of nitrogens with zero attached hydrogens (tertiary/aromatic N) is 1. The van der Waals surface area contributed by atoms with E-state index < -0.39 is 20.5 Å². The smallest absolute Gasteiger partial charge is 0.261 e. The van der Waals surface area contributed by atoms with E-state index in [-0.39, 0.29) is 11.8 Å². The van der Waals surface area contributed by atoms with Crippen molar-refractivity contribution in [2.75, 3.05) is 0 Å². The third-order valence-corrected chi connectivity index (χ3v) is 10.7.